The van der Waals surface area contributed by atoms with Crippen molar-refractivity contribution >= 4 is 17.2 Å². The average Bonchev–Trinajstić information content (AvgIpc) is 3.03. The third-order valence-corrected chi connectivity index (χ3v) is 4.82. The molecule has 0 bridgehead atoms. The lowest BCUT2D eigenvalue weighted by Crippen LogP contribution is -2.49. The predicted octanol–water partition coefficient (Wildman–Crippen LogP) is 2.67. The van der Waals surface area contributed by atoms with E-state index in [1.165, 1.54) is 6.07 Å². The van der Waals surface area contributed by atoms with Gasteiger partial charge in [-0.2, -0.15) is 0 Å². The van der Waals surface area contributed by atoms with Gasteiger partial charge in [0.25, 0.3) is 0 Å². The Labute approximate surface area is 151 Å². The maximum atomic E-state index is 13.9. The van der Waals surface area contributed by atoms with Crippen LogP contribution in [0, 0.1) is 12.7 Å². The summed E-state index contributed by atoms with van der Waals surface area (Å²) in [5.74, 6) is -0.148. The number of aromatic nitrogens is 2. The minimum atomic E-state index is -0.215. The Kier molecular flexibility index (Phi) is 4.32. The number of benzene rings is 1. The number of nitrogens with zero attached hydrogens (tertiary/aromatic N) is 4. The monoisotopic (exact) mass is 352 g/mol. The summed E-state index contributed by atoms with van der Waals surface area (Å²) >= 11 is 0. The molecule has 134 valence electrons. The zero-order chi connectivity index (χ0) is 18.1. The van der Waals surface area contributed by atoms with Crippen LogP contribution in [0.4, 0.5) is 10.1 Å². The van der Waals surface area contributed by atoms with E-state index in [-0.39, 0.29) is 11.7 Å². The molecule has 0 atom stereocenters. The number of pyridine rings is 1. The van der Waals surface area contributed by atoms with Crippen molar-refractivity contribution in [2.24, 2.45) is 0 Å². The van der Waals surface area contributed by atoms with Crippen LogP contribution >= 0.6 is 0 Å². The second-order valence-corrected chi connectivity index (χ2v) is 6.70. The fraction of sp³-hybridized carbons (Fsp3) is 0.300. The van der Waals surface area contributed by atoms with Crippen LogP contribution in [0.3, 0.4) is 0 Å². The normalized spacial score (nSPS) is 14.8. The van der Waals surface area contributed by atoms with Gasteiger partial charge in [-0.3, -0.25) is 4.79 Å². The molecule has 3 aromatic rings. The van der Waals surface area contributed by atoms with E-state index >= 15 is 0 Å². The van der Waals surface area contributed by atoms with Crippen molar-refractivity contribution in [3.8, 4) is 0 Å². The number of piperazine rings is 1. The Balaban J connectivity index is 1.39. The molecule has 26 heavy (non-hydrogen) atoms. The van der Waals surface area contributed by atoms with E-state index < -0.39 is 0 Å². The number of hydrogen-bond donors (Lipinski definition) is 0. The molecule has 1 fully saturated rings. The van der Waals surface area contributed by atoms with Gasteiger partial charge in [0, 0.05) is 38.6 Å². The van der Waals surface area contributed by atoms with Gasteiger partial charge in [0.15, 0.2) is 0 Å². The fourth-order valence-electron chi connectivity index (χ4n) is 3.39. The van der Waals surface area contributed by atoms with E-state index in [0.717, 1.165) is 16.9 Å². The number of amides is 1. The zero-order valence-corrected chi connectivity index (χ0v) is 14.7. The van der Waals surface area contributed by atoms with Gasteiger partial charge in [0.05, 0.1) is 17.8 Å². The molecule has 1 amide bonds. The van der Waals surface area contributed by atoms with Crippen molar-refractivity contribution in [3.05, 3.63) is 65.9 Å². The number of halogens is 1. The summed E-state index contributed by atoms with van der Waals surface area (Å²) in [7, 11) is 0. The van der Waals surface area contributed by atoms with Gasteiger partial charge in [-0.1, -0.05) is 12.1 Å². The van der Waals surface area contributed by atoms with Crippen LogP contribution in [0.2, 0.25) is 0 Å². The van der Waals surface area contributed by atoms with Crippen molar-refractivity contribution in [2.45, 2.75) is 13.3 Å². The summed E-state index contributed by atoms with van der Waals surface area (Å²) in [6, 6.07) is 10.8. The van der Waals surface area contributed by atoms with Crippen LogP contribution in [-0.4, -0.2) is 46.4 Å². The summed E-state index contributed by atoms with van der Waals surface area (Å²) < 4.78 is 15.9. The van der Waals surface area contributed by atoms with Gasteiger partial charge < -0.3 is 14.2 Å². The number of hydrogen-bond acceptors (Lipinski definition) is 3. The highest BCUT2D eigenvalue weighted by molar-refractivity contribution is 5.79. The summed E-state index contributed by atoms with van der Waals surface area (Å²) in [4.78, 5) is 21.0. The van der Waals surface area contributed by atoms with E-state index in [2.05, 4.69) is 4.98 Å². The van der Waals surface area contributed by atoms with Crippen LogP contribution in [0.1, 0.15) is 11.3 Å². The Morgan fingerprint density at radius 2 is 1.92 bits per heavy atom. The summed E-state index contributed by atoms with van der Waals surface area (Å²) in [6.45, 7) is 4.49. The number of carbonyl (C=O) groups excluding carboxylic acids is 1. The van der Waals surface area contributed by atoms with E-state index in [1.54, 1.807) is 12.1 Å². The molecule has 5 nitrogen and oxygen atoms in total. The topological polar surface area (TPSA) is 40.9 Å². The summed E-state index contributed by atoms with van der Waals surface area (Å²) in [6.07, 6.45) is 4.15. The SMILES string of the molecule is Cc1ccn2cc(CC(=O)N3CCN(c4ccccc4F)CC3)nc2c1. The van der Waals surface area contributed by atoms with E-state index in [4.69, 9.17) is 0 Å². The molecular weight excluding hydrogens is 331 g/mol. The molecule has 1 aliphatic heterocycles. The molecule has 6 heteroatoms. The van der Waals surface area contributed by atoms with Gasteiger partial charge in [-0.25, -0.2) is 9.37 Å². The van der Waals surface area contributed by atoms with Crippen molar-refractivity contribution in [3.63, 3.8) is 0 Å². The average molecular weight is 352 g/mol. The van der Waals surface area contributed by atoms with Crippen LogP contribution in [0.15, 0.2) is 48.8 Å². The Morgan fingerprint density at radius 1 is 1.15 bits per heavy atom. The Morgan fingerprint density at radius 3 is 2.69 bits per heavy atom. The van der Waals surface area contributed by atoms with Gasteiger partial charge in [-0.05, 0) is 36.8 Å². The molecule has 1 aromatic carbocycles. The first-order valence-electron chi connectivity index (χ1n) is 8.81. The van der Waals surface area contributed by atoms with Crippen LogP contribution in [0.5, 0.6) is 0 Å². The fourth-order valence-corrected chi connectivity index (χ4v) is 3.39. The van der Waals surface area contributed by atoms with Crippen molar-refractivity contribution in [2.75, 3.05) is 31.1 Å². The summed E-state index contributed by atoms with van der Waals surface area (Å²) in [5.41, 5.74) is 3.38. The second-order valence-electron chi connectivity index (χ2n) is 6.70. The molecule has 0 spiro atoms. The lowest BCUT2D eigenvalue weighted by molar-refractivity contribution is -0.130. The van der Waals surface area contributed by atoms with Gasteiger partial charge in [-0.15, -0.1) is 0 Å². The minimum absolute atomic E-state index is 0.0679. The number of anilines is 1. The van der Waals surface area contributed by atoms with E-state index in [0.29, 0.717) is 38.3 Å². The standard InChI is InChI=1S/C20H21FN4O/c1-15-6-7-25-14-16(22-19(25)12-15)13-20(26)24-10-8-23(9-11-24)18-5-3-2-4-17(18)21/h2-7,12,14H,8-11,13H2,1H3. The number of imidazole rings is 1. The highest BCUT2D eigenvalue weighted by Gasteiger charge is 2.23. The Bertz CT molecular complexity index is 944. The van der Waals surface area contributed by atoms with Crippen LogP contribution < -0.4 is 4.90 Å². The number of aryl methyl sites for hydroxylation is 1. The smallest absolute Gasteiger partial charge is 0.228 e. The first-order chi connectivity index (χ1) is 12.6. The molecule has 0 unspecified atom stereocenters. The predicted molar refractivity (Wildman–Crippen MR) is 98.8 cm³/mol. The third-order valence-electron chi connectivity index (χ3n) is 4.82. The maximum Gasteiger partial charge on any atom is 0.228 e. The van der Waals surface area contributed by atoms with Gasteiger partial charge in [0.2, 0.25) is 5.91 Å². The van der Waals surface area contributed by atoms with Gasteiger partial charge >= 0.3 is 0 Å². The highest BCUT2D eigenvalue weighted by atomic mass is 19.1. The zero-order valence-electron chi connectivity index (χ0n) is 14.7. The number of fused-ring (bicyclic) bond motifs is 1. The minimum Gasteiger partial charge on any atom is -0.366 e. The largest absolute Gasteiger partial charge is 0.366 e. The maximum absolute atomic E-state index is 13.9. The molecule has 1 aliphatic rings. The molecule has 2 aromatic heterocycles. The quantitative estimate of drug-likeness (QED) is 0.728. The molecule has 3 heterocycles. The first kappa shape index (κ1) is 16.6. The second kappa shape index (κ2) is 6.78. The molecule has 4 rings (SSSR count). The van der Waals surface area contributed by atoms with Gasteiger partial charge in [0.1, 0.15) is 11.5 Å². The van der Waals surface area contributed by atoms with E-state index in [1.807, 2.05) is 51.7 Å². The van der Waals surface area contributed by atoms with Crippen LogP contribution in [0.25, 0.3) is 5.65 Å². The molecule has 1 saturated heterocycles. The summed E-state index contributed by atoms with van der Waals surface area (Å²) in [5, 5.41) is 0. The lowest BCUT2D eigenvalue weighted by Gasteiger charge is -2.36. The highest BCUT2D eigenvalue weighted by Crippen LogP contribution is 2.20. The molecule has 0 N–H and O–H groups in total. The lowest BCUT2D eigenvalue weighted by atomic mass is 10.2. The van der Waals surface area contributed by atoms with E-state index in [9.17, 15) is 9.18 Å². The molecule has 0 aliphatic carbocycles. The molecule has 0 radical (unpaired) electrons. The number of para-hydroxylation sites is 1. The number of carbonyl (C=O) groups is 1. The van der Waals surface area contributed by atoms with Crippen molar-refractivity contribution in [1.29, 1.82) is 0 Å². The first-order valence-corrected chi connectivity index (χ1v) is 8.81. The molecular formula is C20H21FN4O. The van der Waals surface area contributed by atoms with Crippen LogP contribution in [-0.2, 0) is 11.2 Å². The third kappa shape index (κ3) is 3.27. The van der Waals surface area contributed by atoms with Crippen molar-refractivity contribution < 1.29 is 9.18 Å². The molecule has 0 saturated carbocycles. The number of rotatable bonds is 3. The Hall–Kier alpha value is -2.89. The van der Waals surface area contributed by atoms with Crippen molar-refractivity contribution in [1.82, 2.24) is 14.3 Å².